The molecule has 0 radical (unpaired) electrons. The fourth-order valence-corrected chi connectivity index (χ4v) is 4.76. The van der Waals surface area contributed by atoms with Gasteiger partial charge in [-0.2, -0.15) is 0 Å². The Bertz CT molecular complexity index is 1450. The molecular formula is C39H42N3+3. The molecule has 0 N–H and O–H groups in total. The Balaban J connectivity index is 1.38. The van der Waals surface area contributed by atoms with Gasteiger partial charge in [0, 0.05) is 90.1 Å². The summed E-state index contributed by atoms with van der Waals surface area (Å²) in [6.45, 7) is 9.29. The van der Waals surface area contributed by atoms with Crippen LogP contribution in [0.5, 0.6) is 0 Å². The van der Waals surface area contributed by atoms with Gasteiger partial charge in [0.2, 0.25) is 0 Å². The Morgan fingerprint density at radius 1 is 0.476 bits per heavy atom. The number of aryl methyl sites for hydroxylation is 6. The maximum atomic E-state index is 3.38. The smallest absolute Gasteiger partial charge is 0.171 e. The van der Waals surface area contributed by atoms with Gasteiger partial charge in [-0.05, 0) is 57.2 Å². The van der Waals surface area contributed by atoms with E-state index in [0.29, 0.717) is 0 Å². The van der Waals surface area contributed by atoms with Crippen molar-refractivity contribution in [3.63, 3.8) is 0 Å². The van der Waals surface area contributed by atoms with Crippen LogP contribution in [-0.4, -0.2) is 0 Å². The Labute approximate surface area is 252 Å². The molecule has 0 saturated heterocycles. The summed E-state index contributed by atoms with van der Waals surface area (Å²) in [6, 6.07) is 19.0. The van der Waals surface area contributed by atoms with Crippen LogP contribution in [0.1, 0.15) is 71.9 Å². The molecule has 0 bridgehead atoms. The normalized spacial score (nSPS) is 10.1. The van der Waals surface area contributed by atoms with Gasteiger partial charge in [0.1, 0.15) is 19.6 Å². The molecule has 0 amide bonds. The number of unbranched alkanes of at least 4 members (excludes halogenated alkanes) is 3. The molecule has 0 aliphatic rings. The average molecular weight is 553 g/mol. The fourth-order valence-electron chi connectivity index (χ4n) is 4.76. The Hall–Kier alpha value is -4.65. The zero-order valence-electron chi connectivity index (χ0n) is 25.4. The SMILES string of the molecule is Cc1ccc[n+](CCCC#Cc2cc(C#CCCC[n+]3cccc(C)c3)cc(C#CCCC[n+]3cccc(C)c3)c2)c1. The minimum absolute atomic E-state index is 0.852. The van der Waals surface area contributed by atoms with E-state index in [4.69, 9.17) is 0 Å². The summed E-state index contributed by atoms with van der Waals surface area (Å²) in [4.78, 5) is 0. The molecule has 0 spiro atoms. The number of hydrogen-bond donors (Lipinski definition) is 0. The number of aromatic nitrogens is 3. The molecule has 3 aromatic heterocycles. The van der Waals surface area contributed by atoms with Crippen LogP contribution in [0.3, 0.4) is 0 Å². The lowest BCUT2D eigenvalue weighted by atomic mass is 10.1. The lowest BCUT2D eigenvalue weighted by Gasteiger charge is -1.98. The van der Waals surface area contributed by atoms with E-state index < -0.39 is 0 Å². The molecule has 1 aromatic carbocycles. The summed E-state index contributed by atoms with van der Waals surface area (Å²) in [5.41, 5.74) is 6.79. The molecule has 0 unspecified atom stereocenters. The summed E-state index contributed by atoms with van der Waals surface area (Å²) in [6.07, 6.45) is 18.5. The Morgan fingerprint density at radius 2 is 0.786 bits per heavy atom. The molecule has 3 heterocycles. The van der Waals surface area contributed by atoms with Crippen LogP contribution in [0.25, 0.3) is 0 Å². The van der Waals surface area contributed by atoms with E-state index in [0.717, 1.165) is 74.8 Å². The van der Waals surface area contributed by atoms with Crippen molar-refractivity contribution >= 4 is 0 Å². The van der Waals surface area contributed by atoms with Crippen LogP contribution in [-0.2, 0) is 19.6 Å². The standard InChI is InChI=1S/C39H42N3/c1-34-16-13-25-40(31-34)22-10-4-7-19-37-28-38(20-8-5-11-23-41-26-14-17-35(2)32-41)30-39(29-37)21-9-6-12-24-42-27-15-18-36(3)33-42/h13-18,25-33H,4-6,10-12,22-24H2,1-3H3/q+3. The van der Waals surface area contributed by atoms with Crippen LogP contribution in [0, 0.1) is 56.3 Å². The highest BCUT2D eigenvalue weighted by Crippen LogP contribution is 2.09. The maximum Gasteiger partial charge on any atom is 0.171 e. The molecule has 210 valence electrons. The molecule has 0 atom stereocenters. The summed E-state index contributed by atoms with van der Waals surface area (Å²) < 4.78 is 6.70. The van der Waals surface area contributed by atoms with E-state index in [9.17, 15) is 0 Å². The number of rotatable bonds is 9. The lowest BCUT2D eigenvalue weighted by Crippen LogP contribution is -2.32. The Morgan fingerprint density at radius 3 is 1.07 bits per heavy atom. The number of benzene rings is 1. The number of pyridine rings is 3. The van der Waals surface area contributed by atoms with Crippen LogP contribution >= 0.6 is 0 Å². The third kappa shape index (κ3) is 11.1. The highest BCUT2D eigenvalue weighted by molar-refractivity contribution is 5.51. The van der Waals surface area contributed by atoms with Crippen LogP contribution in [0.4, 0.5) is 0 Å². The largest absolute Gasteiger partial charge is 0.205 e. The van der Waals surface area contributed by atoms with E-state index in [-0.39, 0.29) is 0 Å². The second kappa shape index (κ2) is 16.6. The Kier molecular flexibility index (Phi) is 12.0. The molecule has 3 heteroatoms. The average Bonchev–Trinajstić information content (AvgIpc) is 2.97. The van der Waals surface area contributed by atoms with Gasteiger partial charge in [0.05, 0.1) is 0 Å². The predicted octanol–water partition coefficient (Wildman–Crippen LogP) is 5.97. The molecule has 0 saturated carbocycles. The third-order valence-electron chi connectivity index (χ3n) is 6.80. The van der Waals surface area contributed by atoms with Gasteiger partial charge in [0.15, 0.2) is 37.2 Å². The molecule has 0 aliphatic heterocycles. The van der Waals surface area contributed by atoms with E-state index >= 15 is 0 Å². The summed E-state index contributed by atoms with van der Waals surface area (Å²) in [5, 5.41) is 0. The minimum atomic E-state index is 0.852. The van der Waals surface area contributed by atoms with Gasteiger partial charge in [-0.1, -0.05) is 35.5 Å². The van der Waals surface area contributed by atoms with Crippen molar-refractivity contribution in [2.24, 2.45) is 0 Å². The first-order valence-electron chi connectivity index (χ1n) is 15.0. The van der Waals surface area contributed by atoms with Crippen molar-refractivity contribution in [3.05, 3.63) is 125 Å². The van der Waals surface area contributed by atoms with Gasteiger partial charge < -0.3 is 0 Å². The van der Waals surface area contributed by atoms with E-state index in [1.165, 1.54) is 16.7 Å². The predicted molar refractivity (Wildman–Crippen MR) is 169 cm³/mol. The molecule has 0 aliphatic carbocycles. The molecule has 4 aromatic rings. The second-order valence-electron chi connectivity index (χ2n) is 10.9. The summed E-state index contributed by atoms with van der Waals surface area (Å²) in [5.74, 6) is 20.3. The highest BCUT2D eigenvalue weighted by atomic mass is 14.9. The first-order chi connectivity index (χ1) is 20.5. The van der Waals surface area contributed by atoms with E-state index in [1.807, 2.05) is 0 Å². The molecule has 3 nitrogen and oxygen atoms in total. The first-order valence-corrected chi connectivity index (χ1v) is 15.0. The first kappa shape index (κ1) is 30.3. The molecule has 0 fully saturated rings. The summed E-state index contributed by atoms with van der Waals surface area (Å²) >= 11 is 0. The monoisotopic (exact) mass is 552 g/mol. The van der Waals surface area contributed by atoms with Crippen molar-refractivity contribution in [2.45, 2.75) is 78.9 Å². The highest BCUT2D eigenvalue weighted by Gasteiger charge is 2.02. The zero-order valence-corrected chi connectivity index (χ0v) is 25.4. The van der Waals surface area contributed by atoms with Crippen molar-refractivity contribution in [2.75, 3.05) is 0 Å². The number of nitrogens with zero attached hydrogens (tertiary/aromatic N) is 3. The van der Waals surface area contributed by atoms with Crippen LogP contribution in [0.15, 0.2) is 91.8 Å². The van der Waals surface area contributed by atoms with E-state index in [1.54, 1.807) is 0 Å². The molecule has 4 rings (SSSR count). The fraction of sp³-hybridized carbons (Fsp3) is 0.308. The number of hydrogen-bond acceptors (Lipinski definition) is 0. The van der Waals surface area contributed by atoms with Crippen molar-refractivity contribution in [1.29, 1.82) is 0 Å². The van der Waals surface area contributed by atoms with Crippen molar-refractivity contribution in [3.8, 4) is 35.5 Å². The van der Waals surface area contributed by atoms with Gasteiger partial charge in [-0.15, -0.1) is 0 Å². The van der Waals surface area contributed by atoms with Crippen LogP contribution in [0.2, 0.25) is 0 Å². The van der Waals surface area contributed by atoms with Crippen LogP contribution < -0.4 is 13.7 Å². The molecular weight excluding hydrogens is 510 g/mol. The topological polar surface area (TPSA) is 11.6 Å². The van der Waals surface area contributed by atoms with Crippen molar-refractivity contribution in [1.82, 2.24) is 0 Å². The van der Waals surface area contributed by atoms with Crippen molar-refractivity contribution < 1.29 is 13.7 Å². The maximum absolute atomic E-state index is 3.38. The minimum Gasteiger partial charge on any atom is -0.205 e. The van der Waals surface area contributed by atoms with Gasteiger partial charge >= 0.3 is 0 Å². The van der Waals surface area contributed by atoms with Gasteiger partial charge in [0.25, 0.3) is 0 Å². The zero-order chi connectivity index (χ0) is 29.4. The van der Waals surface area contributed by atoms with Gasteiger partial charge in [-0.25, -0.2) is 13.7 Å². The van der Waals surface area contributed by atoms with Gasteiger partial charge in [-0.3, -0.25) is 0 Å². The quantitative estimate of drug-likeness (QED) is 0.138. The third-order valence-corrected chi connectivity index (χ3v) is 6.80. The summed E-state index contributed by atoms with van der Waals surface area (Å²) in [7, 11) is 0. The second-order valence-corrected chi connectivity index (χ2v) is 10.9. The van der Waals surface area contributed by atoms with E-state index in [2.05, 4.69) is 162 Å². The molecule has 42 heavy (non-hydrogen) atoms. The lowest BCUT2D eigenvalue weighted by molar-refractivity contribution is -0.697.